The number of allylic oxidation sites excluding steroid dienone is 1. The van der Waals surface area contributed by atoms with E-state index in [1.165, 1.54) is 51.9 Å². The van der Waals surface area contributed by atoms with Gasteiger partial charge in [-0.15, -0.1) is 34.0 Å². The van der Waals surface area contributed by atoms with Crippen LogP contribution in [0.15, 0.2) is 135 Å². The van der Waals surface area contributed by atoms with Crippen LogP contribution in [-0.2, 0) is 6.42 Å². The molecule has 5 heterocycles. The third-order valence-electron chi connectivity index (χ3n) is 8.70. The zero-order valence-electron chi connectivity index (χ0n) is 25.2. The summed E-state index contributed by atoms with van der Waals surface area (Å²) in [4.78, 5) is 10.4. The molecule has 4 aromatic carbocycles. The van der Waals surface area contributed by atoms with E-state index in [2.05, 4.69) is 102 Å². The summed E-state index contributed by atoms with van der Waals surface area (Å²) >= 11 is 5.53. The van der Waals surface area contributed by atoms with Crippen LogP contribution in [0.2, 0.25) is 0 Å². The van der Waals surface area contributed by atoms with Crippen molar-refractivity contribution in [3.05, 3.63) is 147 Å². The van der Waals surface area contributed by atoms with Crippen molar-refractivity contribution in [2.45, 2.75) is 20.3 Å². The van der Waals surface area contributed by atoms with Gasteiger partial charge in [0, 0.05) is 43.8 Å². The monoisotopic (exact) mass is 645 g/mol. The van der Waals surface area contributed by atoms with Gasteiger partial charge in [-0.1, -0.05) is 97.6 Å². The molecule has 6 heteroatoms. The van der Waals surface area contributed by atoms with E-state index in [0.29, 0.717) is 5.84 Å². The normalized spacial score (nSPS) is 13.7. The first-order valence-electron chi connectivity index (χ1n) is 15.4. The Hall–Kier alpha value is -4.84. The lowest BCUT2D eigenvalue weighted by molar-refractivity contribution is 1.14. The smallest absolute Gasteiger partial charge is 0.161 e. The summed E-state index contributed by atoms with van der Waals surface area (Å²) in [6.07, 6.45) is 1.03. The van der Waals surface area contributed by atoms with Crippen molar-refractivity contribution in [3.63, 3.8) is 0 Å². The maximum Gasteiger partial charge on any atom is 0.161 e. The molecule has 0 amide bonds. The molecule has 0 saturated heterocycles. The van der Waals surface area contributed by atoms with Crippen molar-refractivity contribution >= 4 is 91.9 Å². The first kappa shape index (κ1) is 27.5. The molecule has 46 heavy (non-hydrogen) atoms. The van der Waals surface area contributed by atoms with Crippen LogP contribution in [0.1, 0.15) is 36.1 Å². The van der Waals surface area contributed by atoms with Crippen molar-refractivity contribution in [2.24, 2.45) is 9.98 Å². The first-order valence-corrected chi connectivity index (χ1v) is 18.0. The van der Waals surface area contributed by atoms with Crippen LogP contribution >= 0.6 is 34.0 Å². The van der Waals surface area contributed by atoms with Gasteiger partial charge in [0.25, 0.3) is 0 Å². The van der Waals surface area contributed by atoms with E-state index in [9.17, 15) is 0 Å². The zero-order chi connectivity index (χ0) is 30.8. The van der Waals surface area contributed by atoms with Crippen LogP contribution in [-0.4, -0.2) is 16.1 Å². The van der Waals surface area contributed by atoms with Crippen molar-refractivity contribution in [1.82, 2.24) is 4.57 Å². The molecular weight excluding hydrogens is 619 g/mol. The maximum atomic E-state index is 5.28. The number of fused-ring (bicyclic) bond motifs is 6. The summed E-state index contributed by atoms with van der Waals surface area (Å²) in [5.41, 5.74) is 14.6. The molecule has 0 atom stereocenters. The Labute approximate surface area is 278 Å². The highest BCUT2D eigenvalue weighted by atomic mass is 32.1. The number of hydrogen-bond donors (Lipinski definition) is 0. The second kappa shape index (κ2) is 10.9. The first-order chi connectivity index (χ1) is 22.7. The van der Waals surface area contributed by atoms with E-state index >= 15 is 0 Å². The molecule has 9 rings (SSSR count). The van der Waals surface area contributed by atoms with Gasteiger partial charge in [-0.05, 0) is 37.1 Å². The van der Waals surface area contributed by atoms with Gasteiger partial charge in [0.05, 0.1) is 41.2 Å². The predicted octanol–water partition coefficient (Wildman–Crippen LogP) is 11.7. The van der Waals surface area contributed by atoms with Gasteiger partial charge < -0.3 is 4.57 Å². The van der Waals surface area contributed by atoms with Crippen LogP contribution in [0.25, 0.3) is 52.0 Å². The molecule has 1 aliphatic rings. The Bertz CT molecular complexity index is 2600. The van der Waals surface area contributed by atoms with Crippen LogP contribution < -0.4 is 0 Å². The highest BCUT2D eigenvalue weighted by Gasteiger charge is 2.23. The summed E-state index contributed by atoms with van der Waals surface area (Å²) in [6.45, 7) is 4.33. The van der Waals surface area contributed by atoms with E-state index < -0.39 is 0 Å². The number of hydrogen-bond acceptors (Lipinski definition) is 5. The van der Waals surface area contributed by atoms with Crippen molar-refractivity contribution < 1.29 is 0 Å². The molecule has 220 valence electrons. The summed E-state index contributed by atoms with van der Waals surface area (Å²) < 4.78 is 7.73. The lowest BCUT2D eigenvalue weighted by atomic mass is 10.1. The average Bonchev–Trinajstić information content (AvgIpc) is 3.84. The minimum Gasteiger partial charge on any atom is -0.307 e. The SMILES string of the molecule is CCc1ccc2c(c1)c1ccccc1n2-c1csc2c1sc1c(C3=NC(c4ccccc4)=NC(c4ccccc4)=C=C3C)csc12. The van der Waals surface area contributed by atoms with E-state index in [0.717, 1.165) is 40.1 Å². The van der Waals surface area contributed by atoms with Gasteiger partial charge in [-0.25, -0.2) is 9.98 Å². The number of para-hydroxylation sites is 1. The molecule has 0 N–H and O–H groups in total. The summed E-state index contributed by atoms with van der Waals surface area (Å²) in [5.74, 6) is 0.703. The van der Waals surface area contributed by atoms with Gasteiger partial charge in [0.2, 0.25) is 0 Å². The fourth-order valence-electron chi connectivity index (χ4n) is 6.41. The molecule has 8 aromatic rings. The number of aryl methyl sites for hydroxylation is 1. The minimum atomic E-state index is 0.703. The standard InChI is InChI=1S/C40H27N3S3/c1-3-25-18-19-33-29(21-25)28-16-10-11-17-32(28)43(33)34-23-45-39-37(34)46-36-30(22-44-38(36)39)35-24(2)20-31(26-12-6-4-7-13-26)41-40(42-35)27-14-8-5-9-15-27/h4-19,21-23H,3H2,1-2H3. The molecule has 1 aliphatic heterocycles. The van der Waals surface area contributed by atoms with Crippen molar-refractivity contribution in [2.75, 3.05) is 0 Å². The van der Waals surface area contributed by atoms with Gasteiger partial charge >= 0.3 is 0 Å². The fraction of sp³-hybridized carbons (Fsp3) is 0.0750. The second-order valence-electron chi connectivity index (χ2n) is 11.5. The van der Waals surface area contributed by atoms with Crippen LogP contribution in [0.3, 0.4) is 0 Å². The van der Waals surface area contributed by atoms with Crippen LogP contribution in [0, 0.1) is 0 Å². The van der Waals surface area contributed by atoms with Crippen LogP contribution in [0.4, 0.5) is 0 Å². The Kier molecular flexibility index (Phi) is 6.51. The fourth-order valence-corrected chi connectivity index (χ4v) is 10.4. The third-order valence-corrected chi connectivity index (χ3v) is 12.3. The second-order valence-corrected chi connectivity index (χ2v) is 14.3. The highest BCUT2D eigenvalue weighted by molar-refractivity contribution is 7.38. The highest BCUT2D eigenvalue weighted by Crippen LogP contribution is 2.48. The van der Waals surface area contributed by atoms with E-state index in [4.69, 9.17) is 9.98 Å². The Morgan fingerprint density at radius 3 is 2.17 bits per heavy atom. The molecule has 0 unspecified atom stereocenters. The van der Waals surface area contributed by atoms with E-state index in [-0.39, 0.29) is 0 Å². The quantitative estimate of drug-likeness (QED) is 0.167. The third kappa shape index (κ3) is 4.30. The number of nitrogens with zero attached hydrogens (tertiary/aromatic N) is 3. The lowest BCUT2D eigenvalue weighted by Crippen LogP contribution is -2.06. The van der Waals surface area contributed by atoms with Crippen LogP contribution in [0.5, 0.6) is 0 Å². The Balaban J connectivity index is 1.26. The number of aliphatic imine (C=N–C) groups is 2. The largest absolute Gasteiger partial charge is 0.307 e. The average molecular weight is 646 g/mol. The van der Waals surface area contributed by atoms with E-state index in [1.807, 2.05) is 70.4 Å². The molecule has 0 fully saturated rings. The Morgan fingerprint density at radius 1 is 0.674 bits per heavy atom. The number of rotatable bonds is 5. The molecular formula is C40H27N3S3. The van der Waals surface area contributed by atoms with Crippen molar-refractivity contribution in [1.29, 1.82) is 0 Å². The molecule has 0 spiro atoms. The lowest BCUT2D eigenvalue weighted by Gasteiger charge is -2.06. The number of amidine groups is 1. The molecule has 4 aromatic heterocycles. The maximum absolute atomic E-state index is 5.28. The van der Waals surface area contributed by atoms with E-state index in [1.54, 1.807) is 0 Å². The summed E-state index contributed by atoms with van der Waals surface area (Å²) in [6, 6.07) is 36.3. The zero-order valence-corrected chi connectivity index (χ0v) is 27.7. The number of thiophene rings is 3. The van der Waals surface area contributed by atoms with Gasteiger partial charge in [0.1, 0.15) is 5.70 Å². The molecule has 0 aliphatic carbocycles. The van der Waals surface area contributed by atoms with Crippen molar-refractivity contribution in [3.8, 4) is 5.69 Å². The molecule has 0 saturated carbocycles. The minimum absolute atomic E-state index is 0.703. The summed E-state index contributed by atoms with van der Waals surface area (Å²) in [5, 5.41) is 7.22. The molecule has 3 nitrogen and oxygen atoms in total. The van der Waals surface area contributed by atoms with Gasteiger partial charge in [-0.3, -0.25) is 0 Å². The van der Waals surface area contributed by atoms with Gasteiger partial charge in [0.15, 0.2) is 5.84 Å². The predicted molar refractivity (Wildman–Crippen MR) is 201 cm³/mol. The number of benzene rings is 4. The Morgan fingerprint density at radius 2 is 1.37 bits per heavy atom. The topological polar surface area (TPSA) is 29.6 Å². The molecule has 0 radical (unpaired) electrons. The van der Waals surface area contributed by atoms with Gasteiger partial charge in [-0.2, -0.15) is 0 Å². The summed E-state index contributed by atoms with van der Waals surface area (Å²) in [7, 11) is 0. The molecule has 0 bridgehead atoms. The number of aromatic nitrogens is 1.